The Morgan fingerprint density at radius 3 is 2.62 bits per heavy atom. The molecule has 10 heteroatoms. The van der Waals surface area contributed by atoms with E-state index in [1.807, 2.05) is 6.92 Å². The van der Waals surface area contributed by atoms with Crippen molar-refractivity contribution in [3.05, 3.63) is 40.2 Å². The molecule has 24 heavy (non-hydrogen) atoms. The zero-order valence-corrected chi connectivity index (χ0v) is 13.6. The molecule has 0 saturated carbocycles. The summed E-state index contributed by atoms with van der Waals surface area (Å²) in [5.74, 6) is -5.76. The normalized spacial score (nSPS) is 10.5. The molecule has 2 aromatic rings. The average molecular weight is 358 g/mol. The molecular formula is C14H13F3N4O2S. The van der Waals surface area contributed by atoms with Gasteiger partial charge in [-0.05, 0) is 30.1 Å². The van der Waals surface area contributed by atoms with Crippen molar-refractivity contribution in [2.24, 2.45) is 0 Å². The molecule has 2 rings (SSSR count). The van der Waals surface area contributed by atoms with Gasteiger partial charge in [0, 0.05) is 7.05 Å². The van der Waals surface area contributed by atoms with Crippen LogP contribution < -0.4 is 5.32 Å². The lowest BCUT2D eigenvalue weighted by atomic mass is 10.2. The van der Waals surface area contributed by atoms with Gasteiger partial charge >= 0.3 is 0 Å². The molecule has 0 aliphatic rings. The van der Waals surface area contributed by atoms with E-state index in [0.29, 0.717) is 23.1 Å². The Hall–Kier alpha value is -2.49. The van der Waals surface area contributed by atoms with Gasteiger partial charge in [-0.2, -0.15) is 0 Å². The predicted octanol–water partition coefficient (Wildman–Crippen LogP) is 2.23. The van der Waals surface area contributed by atoms with Crippen LogP contribution in [0.25, 0.3) is 0 Å². The second-order valence-electron chi connectivity index (χ2n) is 4.83. The first kappa shape index (κ1) is 17.9. The van der Waals surface area contributed by atoms with Gasteiger partial charge < -0.3 is 10.2 Å². The third-order valence-electron chi connectivity index (χ3n) is 3.12. The lowest BCUT2D eigenvalue weighted by molar-refractivity contribution is -0.116. The maximum Gasteiger partial charge on any atom is 0.267 e. The number of carbonyl (C=O) groups excluding carboxylic acids is 2. The molecule has 1 aromatic carbocycles. The number of hydrogen-bond acceptors (Lipinski definition) is 5. The molecule has 1 heterocycles. The van der Waals surface area contributed by atoms with Crippen molar-refractivity contribution in [1.82, 2.24) is 14.5 Å². The van der Waals surface area contributed by atoms with E-state index in [0.717, 1.165) is 22.5 Å². The minimum atomic E-state index is -1.68. The van der Waals surface area contributed by atoms with Crippen molar-refractivity contribution in [3.63, 3.8) is 0 Å². The lowest BCUT2D eigenvalue weighted by Crippen LogP contribution is -2.35. The summed E-state index contributed by atoms with van der Waals surface area (Å²) in [6.07, 6.45) is 0.512. The molecule has 0 bridgehead atoms. The summed E-state index contributed by atoms with van der Waals surface area (Å²) >= 11 is 0.912. The number of aromatic nitrogens is 2. The molecular weight excluding hydrogens is 345 g/mol. The predicted molar refractivity (Wildman–Crippen MR) is 81.2 cm³/mol. The van der Waals surface area contributed by atoms with Crippen molar-refractivity contribution in [2.75, 3.05) is 18.9 Å². The number of halogens is 3. The van der Waals surface area contributed by atoms with Crippen LogP contribution in [-0.2, 0) is 11.2 Å². The van der Waals surface area contributed by atoms with Gasteiger partial charge in [0.15, 0.2) is 17.5 Å². The summed E-state index contributed by atoms with van der Waals surface area (Å²) in [6.45, 7) is 1.41. The smallest absolute Gasteiger partial charge is 0.267 e. The van der Waals surface area contributed by atoms with Gasteiger partial charge in [-0.15, -0.1) is 5.10 Å². The van der Waals surface area contributed by atoms with Gasteiger partial charge in [0.05, 0.1) is 17.9 Å². The van der Waals surface area contributed by atoms with Gasteiger partial charge in [-0.25, -0.2) is 13.2 Å². The molecule has 0 radical (unpaired) electrons. The van der Waals surface area contributed by atoms with E-state index < -0.39 is 41.5 Å². The minimum absolute atomic E-state index is 0.312. The molecule has 0 saturated heterocycles. The highest BCUT2D eigenvalue weighted by Crippen LogP contribution is 2.19. The van der Waals surface area contributed by atoms with Gasteiger partial charge in [-0.3, -0.25) is 9.59 Å². The number of amides is 2. The highest BCUT2D eigenvalue weighted by atomic mass is 32.1. The molecule has 1 N–H and O–H groups in total. The van der Waals surface area contributed by atoms with Crippen molar-refractivity contribution in [3.8, 4) is 0 Å². The molecule has 128 valence electrons. The first-order chi connectivity index (χ1) is 11.3. The first-order valence-corrected chi connectivity index (χ1v) is 7.62. The Morgan fingerprint density at radius 2 is 1.96 bits per heavy atom. The Labute approximate surface area is 139 Å². The zero-order chi connectivity index (χ0) is 17.9. The largest absolute Gasteiger partial charge is 0.332 e. The fourth-order valence-electron chi connectivity index (χ4n) is 1.88. The molecule has 0 aliphatic heterocycles. The Morgan fingerprint density at radius 1 is 1.25 bits per heavy atom. The minimum Gasteiger partial charge on any atom is -0.332 e. The van der Waals surface area contributed by atoms with Gasteiger partial charge in [-0.1, -0.05) is 11.4 Å². The van der Waals surface area contributed by atoms with Crippen LogP contribution in [0.3, 0.4) is 0 Å². The Balaban J connectivity index is 2.04. The summed E-state index contributed by atoms with van der Waals surface area (Å²) in [7, 11) is 1.38. The number of likely N-dealkylation sites (N-methyl/N-ethyl adjacent to an activating group) is 1. The number of carbonyl (C=O) groups is 2. The van der Waals surface area contributed by atoms with E-state index in [9.17, 15) is 22.8 Å². The monoisotopic (exact) mass is 358 g/mol. The zero-order valence-electron chi connectivity index (χ0n) is 12.8. The average Bonchev–Trinajstić information content (AvgIpc) is 3.03. The van der Waals surface area contributed by atoms with Gasteiger partial charge in [0.1, 0.15) is 4.88 Å². The number of nitrogens with one attached hydrogen (secondary N) is 1. The third kappa shape index (κ3) is 3.70. The van der Waals surface area contributed by atoms with Crippen LogP contribution in [0.5, 0.6) is 0 Å². The molecule has 2 amide bonds. The van der Waals surface area contributed by atoms with Crippen LogP contribution in [0, 0.1) is 17.5 Å². The maximum absolute atomic E-state index is 13.5. The lowest BCUT2D eigenvalue weighted by Gasteiger charge is -2.16. The summed E-state index contributed by atoms with van der Waals surface area (Å²) in [6, 6.07) is 1.59. The van der Waals surface area contributed by atoms with Gasteiger partial charge in [0.25, 0.3) is 5.91 Å². The highest BCUT2D eigenvalue weighted by Gasteiger charge is 2.22. The van der Waals surface area contributed by atoms with Crippen molar-refractivity contribution < 1.29 is 22.8 Å². The standard InChI is InChI=1S/C14H13F3N4O2S/c1-3-8-13(24-20-19-8)14(23)21(2)6-10(22)18-9-5-4-7(15)11(16)12(9)17/h4-5H,3,6H2,1-2H3,(H,18,22). The summed E-state index contributed by atoms with van der Waals surface area (Å²) in [5.41, 5.74) is 0.0114. The molecule has 6 nitrogen and oxygen atoms in total. The third-order valence-corrected chi connectivity index (χ3v) is 3.88. The van der Waals surface area contributed by atoms with E-state index in [4.69, 9.17) is 0 Å². The second-order valence-corrected chi connectivity index (χ2v) is 5.59. The molecule has 0 aliphatic carbocycles. The number of nitrogens with zero attached hydrogens (tertiary/aromatic N) is 3. The Kier molecular flexibility index (Phi) is 5.50. The summed E-state index contributed by atoms with van der Waals surface area (Å²) in [4.78, 5) is 25.5. The Bertz CT molecular complexity index is 781. The topological polar surface area (TPSA) is 75.2 Å². The van der Waals surface area contributed by atoms with E-state index in [2.05, 4.69) is 14.9 Å². The van der Waals surface area contributed by atoms with Crippen LogP contribution in [0.2, 0.25) is 0 Å². The number of anilines is 1. The molecule has 1 aromatic heterocycles. The van der Waals surface area contributed by atoms with E-state index in [-0.39, 0.29) is 0 Å². The number of rotatable bonds is 5. The van der Waals surface area contributed by atoms with Gasteiger partial charge in [0.2, 0.25) is 5.91 Å². The van der Waals surface area contributed by atoms with Crippen molar-refractivity contribution >= 4 is 29.0 Å². The fourth-order valence-corrected chi connectivity index (χ4v) is 2.62. The maximum atomic E-state index is 13.5. The molecule has 0 atom stereocenters. The molecule has 0 unspecified atom stereocenters. The van der Waals surface area contributed by atoms with Crippen molar-refractivity contribution in [2.45, 2.75) is 13.3 Å². The SMILES string of the molecule is CCc1nnsc1C(=O)N(C)CC(=O)Nc1ccc(F)c(F)c1F. The van der Waals surface area contributed by atoms with E-state index >= 15 is 0 Å². The van der Waals surface area contributed by atoms with E-state index in [1.54, 1.807) is 0 Å². The number of aryl methyl sites for hydroxylation is 1. The first-order valence-electron chi connectivity index (χ1n) is 6.85. The highest BCUT2D eigenvalue weighted by molar-refractivity contribution is 7.08. The van der Waals surface area contributed by atoms with Crippen LogP contribution >= 0.6 is 11.5 Å². The molecule has 0 spiro atoms. The van der Waals surface area contributed by atoms with Crippen LogP contribution in [0.15, 0.2) is 12.1 Å². The molecule has 0 fully saturated rings. The second kappa shape index (κ2) is 7.39. The fraction of sp³-hybridized carbons (Fsp3) is 0.286. The van der Waals surface area contributed by atoms with Crippen LogP contribution in [0.1, 0.15) is 22.3 Å². The summed E-state index contributed by atoms with van der Waals surface area (Å²) < 4.78 is 43.2. The number of hydrogen-bond donors (Lipinski definition) is 1. The van der Waals surface area contributed by atoms with E-state index in [1.165, 1.54) is 7.05 Å². The summed E-state index contributed by atoms with van der Waals surface area (Å²) in [5, 5.41) is 5.90. The van der Waals surface area contributed by atoms with Crippen LogP contribution in [0.4, 0.5) is 18.9 Å². The quantitative estimate of drug-likeness (QED) is 0.832. The number of benzene rings is 1. The van der Waals surface area contributed by atoms with Crippen LogP contribution in [-0.4, -0.2) is 39.9 Å². The van der Waals surface area contributed by atoms with Crippen molar-refractivity contribution in [1.29, 1.82) is 0 Å².